The van der Waals surface area contributed by atoms with Gasteiger partial charge in [-0.05, 0) is 19.3 Å². The van der Waals surface area contributed by atoms with Gasteiger partial charge in [0.15, 0.2) is 9.84 Å². The van der Waals surface area contributed by atoms with Gasteiger partial charge >= 0.3 is 0 Å². The minimum Gasteiger partial charge on any atom is -0.303 e. The van der Waals surface area contributed by atoms with Crippen molar-refractivity contribution in [2.75, 3.05) is 17.4 Å². The molecule has 5 heteroatoms. The maximum atomic E-state index is 11.2. The number of rotatable bonds is 4. The Hall–Kier alpha value is -0.0900. The number of halogens is 1. The van der Waals surface area contributed by atoms with Crippen LogP contribution in [0.5, 0.6) is 0 Å². The van der Waals surface area contributed by atoms with Crippen LogP contribution in [0, 0.1) is 5.41 Å². The molecule has 0 aromatic rings. The number of carbonyl (C=O) groups excluding carboxylic acids is 1. The molecule has 0 aliphatic carbocycles. The lowest BCUT2D eigenvalue weighted by molar-refractivity contribution is -0.115. The summed E-state index contributed by atoms with van der Waals surface area (Å²) in [6.07, 6.45) is 2.56. The highest BCUT2D eigenvalue weighted by Crippen LogP contribution is 2.34. The lowest BCUT2D eigenvalue weighted by atomic mass is 9.85. The van der Waals surface area contributed by atoms with Crippen molar-refractivity contribution in [1.82, 2.24) is 0 Å². The van der Waals surface area contributed by atoms with E-state index in [1.807, 2.05) is 0 Å². The molecule has 0 radical (unpaired) electrons. The van der Waals surface area contributed by atoms with Crippen LogP contribution in [0.2, 0.25) is 0 Å². The molecule has 1 fully saturated rings. The van der Waals surface area contributed by atoms with E-state index in [2.05, 4.69) is 0 Å². The summed E-state index contributed by atoms with van der Waals surface area (Å²) in [4.78, 5) is 10.8. The molecule has 1 heterocycles. The van der Waals surface area contributed by atoms with Gasteiger partial charge in [0.05, 0.1) is 11.5 Å². The molecule has 0 amide bonds. The van der Waals surface area contributed by atoms with Gasteiger partial charge in [0.25, 0.3) is 0 Å². The second kappa shape index (κ2) is 3.96. The van der Waals surface area contributed by atoms with E-state index in [0.717, 1.165) is 6.29 Å². The summed E-state index contributed by atoms with van der Waals surface area (Å²) in [5.41, 5.74) is -0.631. The minimum absolute atomic E-state index is 0.0143. The van der Waals surface area contributed by atoms with Gasteiger partial charge in [-0.25, -0.2) is 8.42 Å². The average molecular weight is 225 g/mol. The van der Waals surface area contributed by atoms with Crippen LogP contribution < -0.4 is 0 Å². The number of carbonyl (C=O) groups is 1. The third-order valence-corrected chi connectivity index (χ3v) is 4.58. The fourth-order valence-corrected chi connectivity index (χ4v) is 3.94. The van der Waals surface area contributed by atoms with Crippen LogP contribution in [0.15, 0.2) is 0 Å². The number of aldehydes is 1. The molecule has 0 saturated carbocycles. The quantitative estimate of drug-likeness (QED) is 0.529. The van der Waals surface area contributed by atoms with Crippen molar-refractivity contribution in [3.63, 3.8) is 0 Å². The first-order valence-electron chi connectivity index (χ1n) is 4.26. The summed E-state index contributed by atoms with van der Waals surface area (Å²) >= 11 is 5.50. The molecule has 0 aromatic carbocycles. The molecule has 1 atom stereocenters. The first-order valence-corrected chi connectivity index (χ1v) is 6.62. The fourth-order valence-electron chi connectivity index (χ4n) is 1.71. The Balaban J connectivity index is 2.68. The Morgan fingerprint density at radius 2 is 2.15 bits per heavy atom. The van der Waals surface area contributed by atoms with E-state index < -0.39 is 15.3 Å². The molecule has 3 nitrogen and oxygen atoms in total. The molecule has 1 aliphatic rings. The van der Waals surface area contributed by atoms with Gasteiger partial charge in [-0.2, -0.15) is 0 Å². The van der Waals surface area contributed by atoms with Gasteiger partial charge in [-0.1, -0.05) is 0 Å². The SMILES string of the molecule is O=CC1(CCCCl)CCS(=O)(=O)C1. The number of sulfone groups is 1. The molecule has 13 heavy (non-hydrogen) atoms. The van der Waals surface area contributed by atoms with Crippen LogP contribution in [0.3, 0.4) is 0 Å². The molecular formula is C8H13ClO3S. The van der Waals surface area contributed by atoms with E-state index in [4.69, 9.17) is 11.6 Å². The Kier molecular flexibility index (Phi) is 3.35. The van der Waals surface area contributed by atoms with Crippen LogP contribution in [0.4, 0.5) is 0 Å². The first kappa shape index (κ1) is 11.0. The van der Waals surface area contributed by atoms with Crippen LogP contribution in [-0.2, 0) is 14.6 Å². The molecule has 1 aliphatic heterocycles. The monoisotopic (exact) mass is 224 g/mol. The summed E-state index contributed by atoms with van der Waals surface area (Å²) in [5, 5.41) is 0. The lowest BCUT2D eigenvalue weighted by Gasteiger charge is -2.18. The molecule has 0 N–H and O–H groups in total. The molecule has 1 unspecified atom stereocenters. The van der Waals surface area contributed by atoms with E-state index in [0.29, 0.717) is 25.1 Å². The predicted molar refractivity (Wildman–Crippen MR) is 51.7 cm³/mol. The van der Waals surface area contributed by atoms with Crippen molar-refractivity contribution < 1.29 is 13.2 Å². The number of hydrogen-bond acceptors (Lipinski definition) is 3. The van der Waals surface area contributed by atoms with Crippen molar-refractivity contribution in [2.24, 2.45) is 5.41 Å². The number of alkyl halides is 1. The van der Waals surface area contributed by atoms with Gasteiger partial charge in [-0.15, -0.1) is 11.6 Å². The lowest BCUT2D eigenvalue weighted by Crippen LogP contribution is -2.24. The zero-order chi connectivity index (χ0) is 9.95. The van der Waals surface area contributed by atoms with E-state index in [-0.39, 0.29) is 11.5 Å². The predicted octanol–water partition coefficient (Wildman–Crippen LogP) is 1.01. The zero-order valence-corrected chi connectivity index (χ0v) is 8.90. The fraction of sp³-hybridized carbons (Fsp3) is 0.875. The van der Waals surface area contributed by atoms with Crippen molar-refractivity contribution >= 4 is 27.7 Å². The summed E-state index contributed by atoms with van der Waals surface area (Å²) < 4.78 is 22.4. The Labute approximate surface area is 83.4 Å². The third kappa shape index (κ3) is 2.68. The maximum Gasteiger partial charge on any atom is 0.151 e. The molecular weight excluding hydrogens is 212 g/mol. The van der Waals surface area contributed by atoms with Crippen molar-refractivity contribution in [3.05, 3.63) is 0 Å². The zero-order valence-electron chi connectivity index (χ0n) is 7.33. The summed E-state index contributed by atoms with van der Waals surface area (Å²) in [5.74, 6) is 0.643. The summed E-state index contributed by atoms with van der Waals surface area (Å²) in [6.45, 7) is 0. The number of hydrogen-bond donors (Lipinski definition) is 0. The maximum absolute atomic E-state index is 11.2. The van der Waals surface area contributed by atoms with E-state index in [9.17, 15) is 13.2 Å². The summed E-state index contributed by atoms with van der Waals surface area (Å²) in [6, 6.07) is 0. The van der Waals surface area contributed by atoms with Crippen LogP contribution in [-0.4, -0.2) is 32.1 Å². The minimum atomic E-state index is -2.97. The van der Waals surface area contributed by atoms with Gasteiger partial charge in [-0.3, -0.25) is 0 Å². The summed E-state index contributed by atoms with van der Waals surface area (Å²) in [7, 11) is -2.97. The van der Waals surface area contributed by atoms with Gasteiger partial charge < -0.3 is 4.79 Å². The van der Waals surface area contributed by atoms with Crippen LogP contribution in [0.25, 0.3) is 0 Å². The third-order valence-electron chi connectivity index (χ3n) is 2.48. The largest absolute Gasteiger partial charge is 0.303 e. The molecule has 0 spiro atoms. The van der Waals surface area contributed by atoms with E-state index in [1.54, 1.807) is 0 Å². The second-order valence-electron chi connectivity index (χ2n) is 3.61. The highest BCUT2D eigenvalue weighted by atomic mass is 35.5. The molecule has 1 rings (SSSR count). The average Bonchev–Trinajstić information content (AvgIpc) is 2.40. The molecule has 0 bridgehead atoms. The smallest absolute Gasteiger partial charge is 0.151 e. The van der Waals surface area contributed by atoms with E-state index in [1.165, 1.54) is 0 Å². The highest BCUT2D eigenvalue weighted by molar-refractivity contribution is 7.91. The van der Waals surface area contributed by atoms with Gasteiger partial charge in [0, 0.05) is 11.3 Å². The van der Waals surface area contributed by atoms with E-state index >= 15 is 0 Å². The Bertz CT molecular complexity index is 286. The van der Waals surface area contributed by atoms with Gasteiger partial charge in [0.1, 0.15) is 6.29 Å². The molecule has 0 aromatic heterocycles. The first-order chi connectivity index (χ1) is 6.04. The normalized spacial score (nSPS) is 31.8. The standard InChI is InChI=1S/C8H13ClO3S/c9-4-1-2-8(6-10)3-5-13(11,12)7-8/h6H,1-5,7H2. The van der Waals surface area contributed by atoms with Crippen LogP contribution >= 0.6 is 11.6 Å². The highest BCUT2D eigenvalue weighted by Gasteiger charge is 2.41. The second-order valence-corrected chi connectivity index (χ2v) is 6.18. The van der Waals surface area contributed by atoms with Crippen molar-refractivity contribution in [1.29, 1.82) is 0 Å². The molecule has 76 valence electrons. The van der Waals surface area contributed by atoms with Crippen molar-refractivity contribution in [3.8, 4) is 0 Å². The Morgan fingerprint density at radius 3 is 2.54 bits per heavy atom. The topological polar surface area (TPSA) is 51.2 Å². The van der Waals surface area contributed by atoms with Crippen LogP contribution in [0.1, 0.15) is 19.3 Å². The Morgan fingerprint density at radius 1 is 1.46 bits per heavy atom. The van der Waals surface area contributed by atoms with Crippen molar-refractivity contribution in [2.45, 2.75) is 19.3 Å². The molecule has 1 saturated heterocycles. The van der Waals surface area contributed by atoms with Gasteiger partial charge in [0.2, 0.25) is 0 Å².